The molecule has 1 saturated heterocycles. The van der Waals surface area contributed by atoms with Crippen LogP contribution in [0.1, 0.15) is 31.1 Å². The highest BCUT2D eigenvalue weighted by Crippen LogP contribution is 2.36. The molecule has 0 bridgehead atoms. The van der Waals surface area contributed by atoms with Gasteiger partial charge >= 0.3 is 0 Å². The number of benzene rings is 1. The summed E-state index contributed by atoms with van der Waals surface area (Å²) in [7, 11) is -3.54. The predicted molar refractivity (Wildman–Crippen MR) is 110 cm³/mol. The Bertz CT molecular complexity index is 1110. The van der Waals surface area contributed by atoms with Gasteiger partial charge < -0.3 is 4.52 Å². The van der Waals surface area contributed by atoms with Gasteiger partial charge in [-0.05, 0) is 44.9 Å². The number of sulfonamides is 1. The van der Waals surface area contributed by atoms with Crippen molar-refractivity contribution in [2.45, 2.75) is 44.0 Å². The summed E-state index contributed by atoms with van der Waals surface area (Å²) in [5.74, 6) is 0.717. The van der Waals surface area contributed by atoms with Gasteiger partial charge in [-0.15, -0.1) is 11.3 Å². The largest absolute Gasteiger partial charge is 0.333 e. The van der Waals surface area contributed by atoms with Crippen LogP contribution in [0.15, 0.2) is 39.8 Å². The fourth-order valence-electron chi connectivity index (χ4n) is 3.45. The van der Waals surface area contributed by atoms with Crippen LogP contribution in [0.2, 0.25) is 5.02 Å². The molecule has 0 spiro atoms. The zero-order chi connectivity index (χ0) is 19.9. The first-order valence-electron chi connectivity index (χ1n) is 9.08. The van der Waals surface area contributed by atoms with Crippen LogP contribution in [0.3, 0.4) is 0 Å². The summed E-state index contributed by atoms with van der Waals surface area (Å²) in [6.07, 6.45) is 2.85. The Balaban J connectivity index is 1.67. The normalized spacial score (nSPS) is 18.5. The summed E-state index contributed by atoms with van der Waals surface area (Å²) in [5.41, 5.74) is 0.741. The van der Waals surface area contributed by atoms with Crippen LogP contribution in [0.5, 0.6) is 0 Å². The predicted octanol–water partition coefficient (Wildman–Crippen LogP) is 4.99. The van der Waals surface area contributed by atoms with E-state index in [-0.39, 0.29) is 6.04 Å². The molecule has 1 aliphatic rings. The van der Waals surface area contributed by atoms with Crippen molar-refractivity contribution in [3.63, 3.8) is 0 Å². The molecule has 1 aliphatic heterocycles. The average Bonchev–Trinajstić information content (AvgIpc) is 3.29. The molecule has 4 rings (SSSR count). The summed E-state index contributed by atoms with van der Waals surface area (Å²) in [4.78, 5) is 6.10. The first-order valence-corrected chi connectivity index (χ1v) is 11.7. The fourth-order valence-corrected chi connectivity index (χ4v) is 6.82. The van der Waals surface area contributed by atoms with Crippen LogP contribution in [-0.2, 0) is 10.0 Å². The molecule has 1 atom stereocenters. The van der Waals surface area contributed by atoms with Gasteiger partial charge in [-0.2, -0.15) is 9.29 Å². The molecule has 0 saturated carbocycles. The van der Waals surface area contributed by atoms with Crippen molar-refractivity contribution in [1.29, 1.82) is 0 Å². The third kappa shape index (κ3) is 3.61. The van der Waals surface area contributed by atoms with E-state index in [1.807, 2.05) is 26.0 Å². The number of rotatable bonds is 4. The van der Waals surface area contributed by atoms with Crippen molar-refractivity contribution in [1.82, 2.24) is 14.4 Å². The van der Waals surface area contributed by atoms with E-state index in [0.29, 0.717) is 33.1 Å². The van der Waals surface area contributed by atoms with Gasteiger partial charge in [-0.1, -0.05) is 35.3 Å². The summed E-state index contributed by atoms with van der Waals surface area (Å²) in [6.45, 7) is 4.34. The van der Waals surface area contributed by atoms with Gasteiger partial charge in [0.1, 0.15) is 0 Å². The molecule has 0 aliphatic carbocycles. The van der Waals surface area contributed by atoms with Gasteiger partial charge in [0.15, 0.2) is 0 Å². The maximum absolute atomic E-state index is 13.2. The number of hydrogen-bond donors (Lipinski definition) is 0. The quantitative estimate of drug-likeness (QED) is 0.574. The molecule has 0 amide bonds. The van der Waals surface area contributed by atoms with Crippen molar-refractivity contribution < 1.29 is 12.9 Å². The zero-order valence-electron chi connectivity index (χ0n) is 15.6. The lowest BCUT2D eigenvalue weighted by atomic mass is 10.1. The molecule has 6 nitrogen and oxygen atoms in total. The minimum atomic E-state index is -3.54. The van der Waals surface area contributed by atoms with Gasteiger partial charge in [-0.3, -0.25) is 0 Å². The Morgan fingerprint density at radius 3 is 2.86 bits per heavy atom. The summed E-state index contributed by atoms with van der Waals surface area (Å²) in [6, 6.07) is 8.84. The maximum atomic E-state index is 13.2. The highest BCUT2D eigenvalue weighted by molar-refractivity contribution is 7.89. The van der Waals surface area contributed by atoms with Crippen LogP contribution in [0.25, 0.3) is 22.2 Å². The summed E-state index contributed by atoms with van der Waals surface area (Å²) in [5, 5.41) is 4.59. The molecule has 0 radical (unpaired) electrons. The molecule has 1 aromatic carbocycles. The van der Waals surface area contributed by atoms with E-state index in [1.165, 1.54) is 11.3 Å². The van der Waals surface area contributed by atoms with Crippen molar-refractivity contribution in [3.8, 4) is 22.2 Å². The van der Waals surface area contributed by atoms with E-state index in [1.54, 1.807) is 22.5 Å². The molecule has 148 valence electrons. The number of aromatic nitrogens is 2. The number of piperidine rings is 1. The first-order chi connectivity index (χ1) is 13.4. The number of thiophene rings is 1. The van der Waals surface area contributed by atoms with E-state index in [4.69, 9.17) is 16.1 Å². The molecular formula is C19H20ClN3O3S2. The van der Waals surface area contributed by atoms with Crippen molar-refractivity contribution in [3.05, 3.63) is 40.2 Å². The van der Waals surface area contributed by atoms with Crippen LogP contribution in [0, 0.1) is 6.92 Å². The Hall–Kier alpha value is -1.74. The molecule has 1 unspecified atom stereocenters. The Kier molecular flexibility index (Phi) is 5.30. The Morgan fingerprint density at radius 1 is 1.29 bits per heavy atom. The summed E-state index contributed by atoms with van der Waals surface area (Å²) < 4.78 is 33.4. The van der Waals surface area contributed by atoms with Crippen molar-refractivity contribution in [2.75, 3.05) is 6.54 Å². The van der Waals surface area contributed by atoms with Crippen LogP contribution in [-0.4, -0.2) is 35.5 Å². The van der Waals surface area contributed by atoms with E-state index >= 15 is 0 Å². The molecule has 0 N–H and O–H groups in total. The highest BCUT2D eigenvalue weighted by Gasteiger charge is 2.33. The number of aryl methyl sites for hydroxylation is 1. The Labute approximate surface area is 173 Å². The van der Waals surface area contributed by atoms with Crippen molar-refractivity contribution >= 4 is 33.0 Å². The van der Waals surface area contributed by atoms with Gasteiger partial charge in [0.05, 0.1) is 9.77 Å². The van der Waals surface area contributed by atoms with E-state index < -0.39 is 10.0 Å². The van der Waals surface area contributed by atoms with E-state index in [2.05, 4.69) is 10.1 Å². The smallest absolute Gasteiger partial charge is 0.268 e. The van der Waals surface area contributed by atoms with Crippen LogP contribution >= 0.6 is 22.9 Å². The molecule has 2 aromatic heterocycles. The molecule has 3 heterocycles. The van der Waals surface area contributed by atoms with Gasteiger partial charge in [0, 0.05) is 28.0 Å². The second-order valence-corrected chi connectivity index (χ2v) is 10.5. The topological polar surface area (TPSA) is 76.3 Å². The van der Waals surface area contributed by atoms with Gasteiger partial charge in [0.25, 0.3) is 5.89 Å². The minimum absolute atomic E-state index is 0.0133. The molecule has 3 aromatic rings. The maximum Gasteiger partial charge on any atom is 0.268 e. The van der Waals surface area contributed by atoms with Gasteiger partial charge in [0.2, 0.25) is 15.8 Å². The van der Waals surface area contributed by atoms with Gasteiger partial charge in [-0.25, -0.2) is 8.42 Å². The third-order valence-electron chi connectivity index (χ3n) is 4.92. The second kappa shape index (κ2) is 7.59. The monoisotopic (exact) mass is 437 g/mol. The first kappa shape index (κ1) is 19.6. The van der Waals surface area contributed by atoms with E-state index in [9.17, 15) is 8.42 Å². The number of hydrogen-bond acceptors (Lipinski definition) is 6. The molecule has 1 fully saturated rings. The average molecular weight is 438 g/mol. The fraction of sp³-hybridized carbons (Fsp3) is 0.368. The number of halogens is 1. The highest BCUT2D eigenvalue weighted by atomic mass is 35.5. The molecule has 9 heteroatoms. The molecular weight excluding hydrogens is 418 g/mol. The summed E-state index contributed by atoms with van der Waals surface area (Å²) >= 11 is 7.37. The van der Waals surface area contributed by atoms with Crippen LogP contribution < -0.4 is 0 Å². The SMILES string of the molecule is Cc1sc(-c2nc(-c3cccc(Cl)c3)no2)cc1S(=O)(=O)N1CCCCC1C. The molecule has 28 heavy (non-hydrogen) atoms. The standard InChI is InChI=1S/C19H20ClN3O3S2/c1-12-6-3-4-9-23(12)28(24,25)17-11-16(27-13(17)2)19-21-18(22-26-19)14-7-5-8-15(20)10-14/h5,7-8,10-12H,3-4,6,9H2,1-2H3. The zero-order valence-corrected chi connectivity index (χ0v) is 17.9. The second-order valence-electron chi connectivity index (χ2n) is 6.93. The van der Waals surface area contributed by atoms with Crippen molar-refractivity contribution in [2.24, 2.45) is 0 Å². The number of nitrogens with zero attached hydrogens (tertiary/aromatic N) is 3. The lowest BCUT2D eigenvalue weighted by Crippen LogP contribution is -2.41. The van der Waals surface area contributed by atoms with E-state index in [0.717, 1.165) is 29.7 Å². The lowest BCUT2D eigenvalue weighted by molar-refractivity contribution is 0.268. The third-order valence-corrected chi connectivity index (χ3v) is 8.46. The lowest BCUT2D eigenvalue weighted by Gasteiger charge is -2.32. The van der Waals surface area contributed by atoms with Crippen LogP contribution in [0.4, 0.5) is 0 Å². The minimum Gasteiger partial charge on any atom is -0.333 e. The Morgan fingerprint density at radius 2 is 2.11 bits per heavy atom.